The van der Waals surface area contributed by atoms with Crippen molar-refractivity contribution in [3.05, 3.63) is 47.7 Å². The average Bonchev–Trinajstić information content (AvgIpc) is 3.46. The third kappa shape index (κ3) is 2.83. The Bertz CT molecular complexity index is 735. The van der Waals surface area contributed by atoms with Crippen LogP contribution in [0.4, 0.5) is 0 Å². The molecule has 23 heavy (non-hydrogen) atoms. The number of rotatable bonds is 5. The van der Waals surface area contributed by atoms with Crippen LogP contribution in [0.5, 0.6) is 5.75 Å². The number of hydrogen-bond donors (Lipinski definition) is 1. The van der Waals surface area contributed by atoms with Gasteiger partial charge in [-0.3, -0.25) is 4.79 Å². The summed E-state index contributed by atoms with van der Waals surface area (Å²) in [6.07, 6.45) is 4.69. The number of hydrogen-bond acceptors (Lipinski definition) is 4. The zero-order chi connectivity index (χ0) is 16.0. The van der Waals surface area contributed by atoms with E-state index in [1.54, 1.807) is 11.0 Å². The number of amides is 1. The van der Waals surface area contributed by atoms with Gasteiger partial charge in [-0.1, -0.05) is 6.92 Å². The van der Waals surface area contributed by atoms with Crippen molar-refractivity contribution >= 4 is 5.91 Å². The molecule has 5 nitrogen and oxygen atoms in total. The first kappa shape index (κ1) is 14.3. The molecule has 0 aromatic carbocycles. The number of aromatic hydroxyl groups is 1. The molecule has 2 fully saturated rings. The van der Waals surface area contributed by atoms with Crippen LogP contribution in [0.3, 0.4) is 0 Å². The van der Waals surface area contributed by atoms with Gasteiger partial charge in [0.15, 0.2) is 5.69 Å². The Hall–Kier alpha value is -2.30. The Balaban J connectivity index is 1.53. The number of carbonyl (C=O) groups excluding carboxylic acids is 1. The van der Waals surface area contributed by atoms with E-state index in [4.69, 9.17) is 4.42 Å². The predicted octanol–water partition coefficient (Wildman–Crippen LogP) is 3.31. The lowest BCUT2D eigenvalue weighted by atomic mass is 10.2. The van der Waals surface area contributed by atoms with E-state index >= 15 is 0 Å². The Morgan fingerprint density at radius 2 is 2.17 bits per heavy atom. The predicted molar refractivity (Wildman–Crippen MR) is 84.0 cm³/mol. The summed E-state index contributed by atoms with van der Waals surface area (Å²) in [4.78, 5) is 18.5. The third-order valence-electron chi connectivity index (χ3n) is 4.72. The molecule has 0 saturated heterocycles. The van der Waals surface area contributed by atoms with Gasteiger partial charge in [-0.15, -0.1) is 0 Å². The Labute approximate surface area is 134 Å². The molecule has 2 aliphatic rings. The average molecular weight is 312 g/mol. The molecule has 4 rings (SSSR count). The van der Waals surface area contributed by atoms with Gasteiger partial charge in [-0.25, -0.2) is 4.98 Å². The highest BCUT2D eigenvalue weighted by Gasteiger charge is 2.38. The lowest BCUT2D eigenvalue weighted by molar-refractivity contribution is 0.0707. The van der Waals surface area contributed by atoms with Crippen LogP contribution < -0.4 is 0 Å². The van der Waals surface area contributed by atoms with Crippen molar-refractivity contribution in [3.63, 3.8) is 0 Å². The fourth-order valence-electron chi connectivity index (χ4n) is 3.02. The summed E-state index contributed by atoms with van der Waals surface area (Å²) >= 11 is 0. The molecule has 2 atom stereocenters. The molecule has 2 heterocycles. The van der Waals surface area contributed by atoms with Crippen molar-refractivity contribution in [1.82, 2.24) is 9.88 Å². The van der Waals surface area contributed by atoms with Crippen LogP contribution in [0.25, 0.3) is 0 Å². The van der Waals surface area contributed by atoms with E-state index in [1.165, 1.54) is 18.7 Å². The summed E-state index contributed by atoms with van der Waals surface area (Å²) in [6, 6.07) is 7.31. The van der Waals surface area contributed by atoms with Crippen LogP contribution in [0.15, 0.2) is 34.9 Å². The lowest BCUT2D eigenvalue weighted by Gasteiger charge is -2.21. The Morgan fingerprint density at radius 1 is 1.39 bits per heavy atom. The molecule has 2 aromatic heterocycles. The monoisotopic (exact) mass is 312 g/mol. The van der Waals surface area contributed by atoms with Gasteiger partial charge in [0.05, 0.1) is 6.54 Å². The maximum Gasteiger partial charge on any atom is 0.276 e. The number of aromatic nitrogens is 1. The Kier molecular flexibility index (Phi) is 3.36. The van der Waals surface area contributed by atoms with Crippen molar-refractivity contribution in [3.8, 4) is 5.75 Å². The number of pyridine rings is 1. The zero-order valence-electron chi connectivity index (χ0n) is 13.1. The standard InChI is InChI=1S/C18H20N2O3/c1-11-9-14(11)16-7-6-13(23-16)10-20(12-4-5-12)18(22)17-15(21)3-2-8-19-17/h2-3,6-8,11-12,14,21H,4-5,9-10H2,1H3/t11-,14-/m1/s1. The van der Waals surface area contributed by atoms with Crippen molar-refractivity contribution < 1.29 is 14.3 Å². The van der Waals surface area contributed by atoms with Gasteiger partial charge in [0.2, 0.25) is 0 Å². The highest BCUT2D eigenvalue weighted by atomic mass is 16.3. The van der Waals surface area contributed by atoms with E-state index in [-0.39, 0.29) is 23.4 Å². The van der Waals surface area contributed by atoms with Crippen LogP contribution in [-0.2, 0) is 6.54 Å². The molecular formula is C18H20N2O3. The van der Waals surface area contributed by atoms with Gasteiger partial charge in [-0.05, 0) is 49.4 Å². The number of furan rings is 1. The number of nitrogens with zero attached hydrogens (tertiary/aromatic N) is 2. The van der Waals surface area contributed by atoms with E-state index in [0.29, 0.717) is 18.4 Å². The van der Waals surface area contributed by atoms with E-state index < -0.39 is 0 Å². The highest BCUT2D eigenvalue weighted by molar-refractivity contribution is 5.95. The van der Waals surface area contributed by atoms with Crippen molar-refractivity contribution in [2.45, 2.75) is 44.7 Å². The third-order valence-corrected chi connectivity index (χ3v) is 4.72. The van der Waals surface area contributed by atoms with Crippen LogP contribution in [-0.4, -0.2) is 26.9 Å². The summed E-state index contributed by atoms with van der Waals surface area (Å²) in [5.41, 5.74) is 0.113. The van der Waals surface area contributed by atoms with Crippen LogP contribution in [0.1, 0.15) is 54.1 Å². The van der Waals surface area contributed by atoms with Crippen molar-refractivity contribution in [2.75, 3.05) is 0 Å². The van der Waals surface area contributed by atoms with Gasteiger partial charge in [0, 0.05) is 18.2 Å². The number of carbonyl (C=O) groups is 1. The van der Waals surface area contributed by atoms with Crippen molar-refractivity contribution in [1.29, 1.82) is 0 Å². The minimum atomic E-state index is -0.233. The molecule has 2 saturated carbocycles. The van der Waals surface area contributed by atoms with Crippen LogP contribution in [0.2, 0.25) is 0 Å². The molecule has 0 radical (unpaired) electrons. The molecule has 1 N–H and O–H groups in total. The van der Waals surface area contributed by atoms with Gasteiger partial charge >= 0.3 is 0 Å². The van der Waals surface area contributed by atoms with Gasteiger partial charge in [-0.2, -0.15) is 0 Å². The molecule has 2 aromatic rings. The maximum absolute atomic E-state index is 12.7. The van der Waals surface area contributed by atoms with E-state index in [2.05, 4.69) is 11.9 Å². The summed E-state index contributed by atoms with van der Waals surface area (Å²) in [6.45, 7) is 2.65. The first-order valence-corrected chi connectivity index (χ1v) is 8.17. The van der Waals surface area contributed by atoms with Gasteiger partial charge in [0.1, 0.15) is 17.3 Å². The summed E-state index contributed by atoms with van der Waals surface area (Å²) in [5, 5.41) is 9.88. The molecule has 120 valence electrons. The SMILES string of the molecule is C[C@@H]1C[C@H]1c1ccc(CN(C(=O)c2ncccc2O)C2CC2)o1. The van der Waals surface area contributed by atoms with E-state index in [1.807, 2.05) is 12.1 Å². The zero-order valence-corrected chi connectivity index (χ0v) is 13.1. The van der Waals surface area contributed by atoms with E-state index in [9.17, 15) is 9.90 Å². The second-order valence-corrected chi connectivity index (χ2v) is 6.66. The fraction of sp³-hybridized carbons (Fsp3) is 0.444. The molecule has 0 spiro atoms. The highest BCUT2D eigenvalue weighted by Crippen LogP contribution is 2.47. The molecule has 5 heteroatoms. The van der Waals surface area contributed by atoms with Crippen molar-refractivity contribution in [2.24, 2.45) is 5.92 Å². The fourth-order valence-corrected chi connectivity index (χ4v) is 3.02. The largest absolute Gasteiger partial charge is 0.505 e. The summed E-state index contributed by atoms with van der Waals surface area (Å²) in [7, 11) is 0. The minimum absolute atomic E-state index is 0.0740. The maximum atomic E-state index is 12.7. The molecule has 0 unspecified atom stereocenters. The normalized spacial score (nSPS) is 22.8. The van der Waals surface area contributed by atoms with Gasteiger partial charge in [0.25, 0.3) is 5.91 Å². The minimum Gasteiger partial charge on any atom is -0.505 e. The smallest absolute Gasteiger partial charge is 0.276 e. The first-order chi connectivity index (χ1) is 11.1. The summed E-state index contributed by atoms with van der Waals surface area (Å²) in [5.74, 6) is 2.75. The van der Waals surface area contributed by atoms with E-state index in [0.717, 1.165) is 24.4 Å². The molecule has 1 amide bonds. The lowest BCUT2D eigenvalue weighted by Crippen LogP contribution is -2.33. The first-order valence-electron chi connectivity index (χ1n) is 8.17. The van der Waals surface area contributed by atoms with Gasteiger partial charge < -0.3 is 14.4 Å². The second kappa shape index (κ2) is 5.41. The molecular weight excluding hydrogens is 292 g/mol. The molecule has 0 aliphatic heterocycles. The molecule has 0 bridgehead atoms. The quantitative estimate of drug-likeness (QED) is 0.920. The molecule has 2 aliphatic carbocycles. The second-order valence-electron chi connectivity index (χ2n) is 6.66. The topological polar surface area (TPSA) is 66.6 Å². The summed E-state index contributed by atoms with van der Waals surface area (Å²) < 4.78 is 5.93. The Morgan fingerprint density at radius 3 is 2.83 bits per heavy atom. The van der Waals surface area contributed by atoms with Crippen LogP contribution >= 0.6 is 0 Å². The van der Waals surface area contributed by atoms with Crippen LogP contribution in [0, 0.1) is 5.92 Å².